The smallest absolute Gasteiger partial charge is 0.151 e. The molecule has 0 radical (unpaired) electrons. The number of hydrogen-bond acceptors (Lipinski definition) is 4. The van der Waals surface area contributed by atoms with E-state index < -0.39 is 0 Å². The fourth-order valence-electron chi connectivity index (χ4n) is 1.41. The summed E-state index contributed by atoms with van der Waals surface area (Å²) in [5, 5.41) is 3.16. The van der Waals surface area contributed by atoms with E-state index in [1.54, 1.807) is 6.20 Å². The molecule has 0 fully saturated rings. The number of nitrogens with zero attached hydrogens (tertiary/aromatic N) is 2. The molecule has 82 valence electrons. The van der Waals surface area contributed by atoms with Crippen molar-refractivity contribution in [2.45, 2.75) is 13.8 Å². The molecule has 4 heteroatoms. The normalized spacial score (nSPS) is 10.1. The summed E-state index contributed by atoms with van der Waals surface area (Å²) < 4.78 is 0. The topological polar surface area (TPSA) is 63.8 Å². The van der Waals surface area contributed by atoms with Gasteiger partial charge in [0.15, 0.2) is 5.82 Å². The van der Waals surface area contributed by atoms with Crippen molar-refractivity contribution in [3.63, 3.8) is 0 Å². The Morgan fingerprint density at radius 2 is 1.94 bits per heavy atom. The molecule has 0 saturated carbocycles. The maximum Gasteiger partial charge on any atom is 0.151 e. The molecule has 2 aromatic rings. The zero-order valence-corrected chi connectivity index (χ0v) is 9.36. The maximum atomic E-state index is 5.55. The summed E-state index contributed by atoms with van der Waals surface area (Å²) in [5.41, 5.74) is 9.05. The van der Waals surface area contributed by atoms with E-state index in [1.165, 1.54) is 17.3 Å². The highest BCUT2D eigenvalue weighted by atomic mass is 15.0. The van der Waals surface area contributed by atoms with Crippen molar-refractivity contribution in [2.75, 3.05) is 11.1 Å². The molecule has 4 nitrogen and oxygen atoms in total. The van der Waals surface area contributed by atoms with Crippen LogP contribution < -0.4 is 11.1 Å². The van der Waals surface area contributed by atoms with Crippen molar-refractivity contribution >= 4 is 17.3 Å². The van der Waals surface area contributed by atoms with Crippen molar-refractivity contribution in [3.05, 3.63) is 41.7 Å². The molecule has 0 aliphatic heterocycles. The van der Waals surface area contributed by atoms with Crippen LogP contribution in [0, 0.1) is 13.8 Å². The number of nitrogens with one attached hydrogen (secondary N) is 1. The quantitative estimate of drug-likeness (QED) is 0.805. The molecular formula is C12H14N4. The number of benzene rings is 1. The Labute approximate surface area is 94.5 Å². The fourth-order valence-corrected chi connectivity index (χ4v) is 1.41. The molecule has 2 rings (SSSR count). The van der Waals surface area contributed by atoms with Crippen LogP contribution in [0.2, 0.25) is 0 Å². The van der Waals surface area contributed by atoms with Gasteiger partial charge in [0.2, 0.25) is 0 Å². The first-order valence-electron chi connectivity index (χ1n) is 5.07. The molecule has 16 heavy (non-hydrogen) atoms. The highest BCUT2D eigenvalue weighted by Gasteiger charge is 1.99. The number of hydrogen-bond donors (Lipinski definition) is 2. The van der Waals surface area contributed by atoms with Crippen LogP contribution in [0.15, 0.2) is 30.6 Å². The van der Waals surface area contributed by atoms with Gasteiger partial charge in [-0.25, -0.2) is 4.98 Å². The average Bonchev–Trinajstić information content (AvgIpc) is 2.24. The van der Waals surface area contributed by atoms with E-state index in [2.05, 4.69) is 41.3 Å². The third-order valence-corrected chi connectivity index (χ3v) is 2.43. The van der Waals surface area contributed by atoms with Gasteiger partial charge in [0, 0.05) is 5.69 Å². The highest BCUT2D eigenvalue weighted by molar-refractivity contribution is 5.58. The summed E-state index contributed by atoms with van der Waals surface area (Å²) >= 11 is 0. The lowest BCUT2D eigenvalue weighted by molar-refractivity contribution is 1.20. The van der Waals surface area contributed by atoms with Crippen LogP contribution in [0.5, 0.6) is 0 Å². The van der Waals surface area contributed by atoms with Gasteiger partial charge < -0.3 is 11.1 Å². The summed E-state index contributed by atoms with van der Waals surface area (Å²) in [6, 6.07) is 6.14. The Morgan fingerprint density at radius 1 is 1.12 bits per heavy atom. The van der Waals surface area contributed by atoms with E-state index in [0.29, 0.717) is 11.6 Å². The monoisotopic (exact) mass is 214 g/mol. The number of aromatic nitrogens is 2. The first-order valence-corrected chi connectivity index (χ1v) is 5.07. The molecule has 0 unspecified atom stereocenters. The van der Waals surface area contributed by atoms with Crippen LogP contribution in [0.1, 0.15) is 11.1 Å². The van der Waals surface area contributed by atoms with E-state index in [4.69, 9.17) is 5.73 Å². The fraction of sp³-hybridized carbons (Fsp3) is 0.167. The van der Waals surface area contributed by atoms with E-state index in [1.807, 2.05) is 6.07 Å². The first kappa shape index (κ1) is 10.4. The molecule has 1 heterocycles. The van der Waals surface area contributed by atoms with Gasteiger partial charge >= 0.3 is 0 Å². The van der Waals surface area contributed by atoms with Gasteiger partial charge in [-0.1, -0.05) is 6.07 Å². The van der Waals surface area contributed by atoms with Crippen LogP contribution in [0.25, 0.3) is 0 Å². The lowest BCUT2D eigenvalue weighted by atomic mass is 10.1. The molecule has 0 saturated heterocycles. The minimum Gasteiger partial charge on any atom is -0.382 e. The third-order valence-electron chi connectivity index (χ3n) is 2.43. The highest BCUT2D eigenvalue weighted by Crippen LogP contribution is 2.18. The Kier molecular flexibility index (Phi) is 2.72. The van der Waals surface area contributed by atoms with Crippen LogP contribution in [0.3, 0.4) is 0 Å². The van der Waals surface area contributed by atoms with E-state index in [9.17, 15) is 0 Å². The largest absolute Gasteiger partial charge is 0.382 e. The van der Waals surface area contributed by atoms with E-state index in [-0.39, 0.29) is 0 Å². The number of nitrogens with two attached hydrogens (primary N) is 1. The van der Waals surface area contributed by atoms with Crippen molar-refractivity contribution in [2.24, 2.45) is 0 Å². The van der Waals surface area contributed by atoms with E-state index in [0.717, 1.165) is 5.69 Å². The molecule has 0 bridgehead atoms. The summed E-state index contributed by atoms with van der Waals surface area (Å²) in [6.45, 7) is 4.16. The number of anilines is 3. The van der Waals surface area contributed by atoms with Gasteiger partial charge in [-0.2, -0.15) is 0 Å². The SMILES string of the molecule is Cc1ccc(Nc2cncc(N)n2)cc1C. The molecule has 0 aliphatic carbocycles. The van der Waals surface area contributed by atoms with Crippen LogP contribution in [0.4, 0.5) is 17.3 Å². The van der Waals surface area contributed by atoms with E-state index >= 15 is 0 Å². The maximum absolute atomic E-state index is 5.55. The molecule has 0 spiro atoms. The predicted molar refractivity (Wildman–Crippen MR) is 65.6 cm³/mol. The lowest BCUT2D eigenvalue weighted by Gasteiger charge is -2.07. The van der Waals surface area contributed by atoms with Crippen molar-refractivity contribution in [1.29, 1.82) is 0 Å². The minimum atomic E-state index is 0.411. The van der Waals surface area contributed by atoms with Crippen molar-refractivity contribution < 1.29 is 0 Å². The van der Waals surface area contributed by atoms with Gasteiger partial charge in [-0.3, -0.25) is 4.98 Å². The predicted octanol–water partition coefficient (Wildman–Crippen LogP) is 2.42. The van der Waals surface area contributed by atoms with Gasteiger partial charge in [0.05, 0.1) is 12.4 Å². The lowest BCUT2D eigenvalue weighted by Crippen LogP contribution is -1.98. The van der Waals surface area contributed by atoms with Crippen molar-refractivity contribution in [3.8, 4) is 0 Å². The Bertz CT molecular complexity index is 508. The van der Waals surface area contributed by atoms with Crippen LogP contribution in [-0.2, 0) is 0 Å². The zero-order chi connectivity index (χ0) is 11.5. The standard InChI is InChI=1S/C12H14N4/c1-8-3-4-10(5-9(8)2)15-12-7-14-6-11(13)16-12/h3-7H,1-2H3,(H3,13,15,16). The summed E-state index contributed by atoms with van der Waals surface area (Å²) in [5.74, 6) is 1.07. The summed E-state index contributed by atoms with van der Waals surface area (Å²) in [7, 11) is 0. The Balaban J connectivity index is 2.24. The molecular weight excluding hydrogens is 200 g/mol. The molecule has 1 aromatic carbocycles. The van der Waals surface area contributed by atoms with Gasteiger partial charge in [-0.15, -0.1) is 0 Å². The minimum absolute atomic E-state index is 0.411. The molecule has 0 atom stereocenters. The number of nitrogen functional groups attached to an aromatic ring is 1. The first-order chi connectivity index (χ1) is 7.65. The molecule has 0 amide bonds. The number of aryl methyl sites for hydroxylation is 2. The average molecular weight is 214 g/mol. The van der Waals surface area contributed by atoms with Gasteiger partial charge in [0.25, 0.3) is 0 Å². The third kappa shape index (κ3) is 2.28. The summed E-state index contributed by atoms with van der Waals surface area (Å²) in [4.78, 5) is 8.10. The van der Waals surface area contributed by atoms with Crippen LogP contribution >= 0.6 is 0 Å². The second-order valence-electron chi connectivity index (χ2n) is 3.75. The Morgan fingerprint density at radius 3 is 2.62 bits per heavy atom. The molecule has 3 N–H and O–H groups in total. The number of rotatable bonds is 2. The van der Waals surface area contributed by atoms with Crippen LogP contribution in [-0.4, -0.2) is 9.97 Å². The Hall–Kier alpha value is -2.10. The van der Waals surface area contributed by atoms with Gasteiger partial charge in [0.1, 0.15) is 5.82 Å². The second kappa shape index (κ2) is 4.18. The summed E-state index contributed by atoms with van der Waals surface area (Å²) in [6.07, 6.45) is 3.16. The van der Waals surface area contributed by atoms with Crippen molar-refractivity contribution in [1.82, 2.24) is 9.97 Å². The van der Waals surface area contributed by atoms with Gasteiger partial charge in [-0.05, 0) is 37.1 Å². The molecule has 0 aliphatic rings. The molecule has 1 aromatic heterocycles. The second-order valence-corrected chi connectivity index (χ2v) is 3.75. The zero-order valence-electron chi connectivity index (χ0n) is 9.36.